The Balaban J connectivity index is 1.42. The summed E-state index contributed by atoms with van der Waals surface area (Å²) >= 11 is 0. The SMILES string of the molecule is Cc1ccc2c(c1)c1ccccc1n2-c1ccc(C#N)cc1-c1cc(-c2ccc(C(F)(F)F)cc2C#N)ccc1-n1c2ccccc2c2cc(C)ccc21. The molecule has 2 aromatic heterocycles. The van der Waals surface area contributed by atoms with Crippen LogP contribution in [0.15, 0.2) is 140 Å². The summed E-state index contributed by atoms with van der Waals surface area (Å²) in [5.74, 6) is 0. The fourth-order valence-corrected chi connectivity index (χ4v) is 7.89. The third-order valence-corrected chi connectivity index (χ3v) is 10.3. The van der Waals surface area contributed by atoms with Gasteiger partial charge in [0.25, 0.3) is 0 Å². The summed E-state index contributed by atoms with van der Waals surface area (Å²) in [4.78, 5) is 0. The largest absolute Gasteiger partial charge is 0.416 e. The van der Waals surface area contributed by atoms with E-state index in [4.69, 9.17) is 0 Å². The molecule has 0 aliphatic rings. The van der Waals surface area contributed by atoms with Crippen LogP contribution in [0.2, 0.25) is 0 Å². The van der Waals surface area contributed by atoms with Crippen molar-refractivity contribution in [3.63, 3.8) is 0 Å². The standard InChI is InChI=1S/C47H29F3N4/c1-28-11-17-43-37(21-28)35-7-3-5-9-41(35)53(43)45-19-13-30(26-51)23-39(45)40-25-31(34-16-15-33(47(48,49)50)24-32(34)27-52)14-20-46(40)54-42-10-6-4-8-36(42)38-22-29(2)12-18-44(38)54/h3-25H,1-2H3. The highest BCUT2D eigenvalue weighted by Crippen LogP contribution is 2.43. The maximum absolute atomic E-state index is 13.8. The Morgan fingerprint density at radius 3 is 1.57 bits per heavy atom. The van der Waals surface area contributed by atoms with Gasteiger partial charge in [-0.25, -0.2) is 0 Å². The smallest absolute Gasteiger partial charge is 0.309 e. The van der Waals surface area contributed by atoms with Gasteiger partial charge in [-0.3, -0.25) is 0 Å². The van der Waals surface area contributed by atoms with Gasteiger partial charge in [-0.15, -0.1) is 0 Å². The van der Waals surface area contributed by atoms with Crippen LogP contribution in [0, 0.1) is 36.5 Å². The van der Waals surface area contributed by atoms with Crippen molar-refractivity contribution in [2.75, 3.05) is 0 Å². The molecule has 2 heterocycles. The third kappa shape index (κ3) is 5.13. The molecule has 0 aliphatic carbocycles. The number of fused-ring (bicyclic) bond motifs is 6. The molecular weight excluding hydrogens is 678 g/mol. The molecule has 0 saturated carbocycles. The Morgan fingerprint density at radius 1 is 0.481 bits per heavy atom. The summed E-state index contributed by atoms with van der Waals surface area (Å²) in [6.07, 6.45) is -4.60. The average molecular weight is 707 g/mol. The lowest BCUT2D eigenvalue weighted by Crippen LogP contribution is -2.05. The van der Waals surface area contributed by atoms with E-state index in [0.717, 1.165) is 89.4 Å². The highest BCUT2D eigenvalue weighted by atomic mass is 19.4. The zero-order valence-electron chi connectivity index (χ0n) is 29.2. The molecule has 0 spiro atoms. The Labute approximate surface area is 308 Å². The fraction of sp³-hybridized carbons (Fsp3) is 0.0638. The molecule has 0 N–H and O–H groups in total. The molecule has 0 saturated heterocycles. The van der Waals surface area contributed by atoms with Crippen LogP contribution in [-0.4, -0.2) is 9.13 Å². The maximum Gasteiger partial charge on any atom is 0.416 e. The number of hydrogen-bond acceptors (Lipinski definition) is 2. The normalized spacial score (nSPS) is 11.8. The molecule has 9 aromatic rings. The summed E-state index contributed by atoms with van der Waals surface area (Å²) < 4.78 is 45.7. The van der Waals surface area contributed by atoms with Crippen LogP contribution in [-0.2, 0) is 6.18 Å². The van der Waals surface area contributed by atoms with E-state index in [-0.39, 0.29) is 5.56 Å². The summed E-state index contributed by atoms with van der Waals surface area (Å²) in [6, 6.07) is 48.2. The molecule has 0 aliphatic heterocycles. The number of aryl methyl sites for hydroxylation is 2. The first-order valence-corrected chi connectivity index (χ1v) is 17.5. The number of para-hydroxylation sites is 2. The van der Waals surface area contributed by atoms with Crippen LogP contribution in [0.5, 0.6) is 0 Å². The molecule has 7 aromatic carbocycles. The number of benzene rings is 7. The number of nitriles is 2. The van der Waals surface area contributed by atoms with Crippen molar-refractivity contribution in [3.05, 3.63) is 167 Å². The van der Waals surface area contributed by atoms with Crippen LogP contribution in [0.3, 0.4) is 0 Å². The van der Waals surface area contributed by atoms with E-state index in [2.05, 4.69) is 89.7 Å². The van der Waals surface area contributed by atoms with E-state index in [1.54, 1.807) is 0 Å². The number of halogens is 3. The molecule has 0 bridgehead atoms. The van der Waals surface area contributed by atoms with Gasteiger partial charge in [0, 0.05) is 32.7 Å². The summed E-state index contributed by atoms with van der Waals surface area (Å²) in [5, 5.41) is 24.7. The minimum absolute atomic E-state index is 0.0837. The van der Waals surface area contributed by atoms with Crippen molar-refractivity contribution < 1.29 is 13.2 Å². The Morgan fingerprint density at radius 2 is 1.02 bits per heavy atom. The minimum Gasteiger partial charge on any atom is -0.309 e. The highest BCUT2D eigenvalue weighted by molar-refractivity contribution is 6.12. The average Bonchev–Trinajstić information content (AvgIpc) is 3.68. The first-order valence-electron chi connectivity index (χ1n) is 17.5. The fourth-order valence-electron chi connectivity index (χ4n) is 7.89. The first-order chi connectivity index (χ1) is 26.1. The second-order valence-corrected chi connectivity index (χ2v) is 13.7. The quantitative estimate of drug-likeness (QED) is 0.183. The van der Waals surface area contributed by atoms with Crippen molar-refractivity contribution in [1.29, 1.82) is 10.5 Å². The zero-order chi connectivity index (χ0) is 37.3. The number of alkyl halides is 3. The van der Waals surface area contributed by atoms with Crippen molar-refractivity contribution >= 4 is 43.6 Å². The predicted molar refractivity (Wildman–Crippen MR) is 210 cm³/mol. The number of rotatable bonds is 4. The second-order valence-electron chi connectivity index (χ2n) is 13.7. The third-order valence-electron chi connectivity index (χ3n) is 10.3. The molecule has 0 atom stereocenters. The lowest BCUT2D eigenvalue weighted by Gasteiger charge is -2.20. The number of aromatic nitrogens is 2. The molecule has 258 valence electrons. The Kier molecular flexibility index (Phi) is 7.44. The number of nitrogens with zero attached hydrogens (tertiary/aromatic N) is 4. The summed E-state index contributed by atoms with van der Waals surface area (Å²) in [6.45, 7) is 4.13. The van der Waals surface area contributed by atoms with E-state index >= 15 is 0 Å². The van der Waals surface area contributed by atoms with Gasteiger partial charge in [-0.2, -0.15) is 23.7 Å². The van der Waals surface area contributed by atoms with Crippen molar-refractivity contribution in [2.24, 2.45) is 0 Å². The van der Waals surface area contributed by atoms with Gasteiger partial charge >= 0.3 is 6.18 Å². The molecule has 0 radical (unpaired) electrons. The number of hydrogen-bond donors (Lipinski definition) is 0. The van der Waals surface area contributed by atoms with Gasteiger partial charge in [0.2, 0.25) is 0 Å². The molecule has 54 heavy (non-hydrogen) atoms. The lowest BCUT2D eigenvalue weighted by atomic mass is 9.92. The van der Waals surface area contributed by atoms with Gasteiger partial charge in [0.1, 0.15) is 0 Å². The van der Waals surface area contributed by atoms with Crippen molar-refractivity contribution in [3.8, 4) is 45.8 Å². The van der Waals surface area contributed by atoms with Crippen molar-refractivity contribution in [2.45, 2.75) is 20.0 Å². The van der Waals surface area contributed by atoms with Crippen LogP contribution >= 0.6 is 0 Å². The first kappa shape index (κ1) is 32.8. The molecule has 0 unspecified atom stereocenters. The van der Waals surface area contributed by atoms with Gasteiger partial charge in [-0.05, 0) is 104 Å². The van der Waals surface area contributed by atoms with Crippen LogP contribution in [0.1, 0.15) is 27.8 Å². The van der Waals surface area contributed by atoms with Gasteiger partial charge in [-0.1, -0.05) is 71.8 Å². The second kappa shape index (κ2) is 12.3. The monoisotopic (exact) mass is 706 g/mol. The Bertz CT molecular complexity index is 3090. The van der Waals surface area contributed by atoms with E-state index < -0.39 is 11.7 Å². The molecule has 0 amide bonds. The van der Waals surface area contributed by atoms with Crippen LogP contribution < -0.4 is 0 Å². The zero-order valence-corrected chi connectivity index (χ0v) is 29.2. The molecule has 0 fully saturated rings. The van der Waals surface area contributed by atoms with Gasteiger partial charge in [0.05, 0.1) is 62.3 Å². The maximum atomic E-state index is 13.8. The van der Waals surface area contributed by atoms with Gasteiger partial charge < -0.3 is 9.13 Å². The molecule has 7 heteroatoms. The highest BCUT2D eigenvalue weighted by Gasteiger charge is 2.31. The van der Waals surface area contributed by atoms with Crippen molar-refractivity contribution in [1.82, 2.24) is 9.13 Å². The topological polar surface area (TPSA) is 57.4 Å². The molecule has 9 rings (SSSR count). The predicted octanol–water partition coefficient (Wildman–Crippen LogP) is 12.6. The van der Waals surface area contributed by atoms with Crippen LogP contribution in [0.4, 0.5) is 13.2 Å². The summed E-state index contributed by atoms with van der Waals surface area (Å²) in [7, 11) is 0. The van der Waals surface area contributed by atoms with E-state index in [1.165, 1.54) is 6.07 Å². The molecule has 4 nitrogen and oxygen atoms in total. The van der Waals surface area contributed by atoms with Gasteiger partial charge in [0.15, 0.2) is 0 Å². The van der Waals surface area contributed by atoms with E-state index in [0.29, 0.717) is 16.7 Å². The Hall–Kier alpha value is -7.09. The minimum atomic E-state index is -4.60. The molecular formula is C47H29F3N4. The lowest BCUT2D eigenvalue weighted by molar-refractivity contribution is -0.137. The van der Waals surface area contributed by atoms with E-state index in [9.17, 15) is 23.7 Å². The van der Waals surface area contributed by atoms with E-state index in [1.807, 2.05) is 66.7 Å². The summed E-state index contributed by atoms with van der Waals surface area (Å²) in [5.41, 5.74) is 9.75. The van der Waals surface area contributed by atoms with Crippen LogP contribution in [0.25, 0.3) is 77.2 Å².